The highest BCUT2D eigenvalue weighted by Gasteiger charge is 2.58. The summed E-state index contributed by atoms with van der Waals surface area (Å²) in [5.74, 6) is 0.0370. The molecule has 1 spiro atoms. The fourth-order valence-electron chi connectivity index (χ4n) is 4.38. The van der Waals surface area contributed by atoms with E-state index in [1.54, 1.807) is 4.68 Å². The van der Waals surface area contributed by atoms with Gasteiger partial charge in [-0.15, -0.1) is 0 Å². The molecule has 2 fully saturated rings. The van der Waals surface area contributed by atoms with E-state index in [1.807, 2.05) is 32.0 Å². The molecule has 3 rings (SSSR count). The number of nitrogens with zero attached hydrogens (tertiary/aromatic N) is 3. The summed E-state index contributed by atoms with van der Waals surface area (Å²) in [6.45, 7) is 4.79. The maximum Gasteiger partial charge on any atom is 0.274 e. The zero-order valence-corrected chi connectivity index (χ0v) is 14.1. The molecule has 2 aliphatic rings. The van der Waals surface area contributed by atoms with Gasteiger partial charge in [0.1, 0.15) is 0 Å². The van der Waals surface area contributed by atoms with Gasteiger partial charge in [0.2, 0.25) is 0 Å². The zero-order valence-electron chi connectivity index (χ0n) is 14.1. The monoisotopic (exact) mass is 305 g/mol. The fourth-order valence-corrected chi connectivity index (χ4v) is 4.38. The van der Waals surface area contributed by atoms with E-state index in [1.165, 1.54) is 25.7 Å². The molecule has 0 bridgehead atoms. The summed E-state index contributed by atoms with van der Waals surface area (Å²) in [7, 11) is 3.80. The Kier molecular flexibility index (Phi) is 4.02. The van der Waals surface area contributed by atoms with Crippen LogP contribution in [0, 0.1) is 12.3 Å². The minimum atomic E-state index is 0.0370. The van der Waals surface area contributed by atoms with Gasteiger partial charge in [-0.2, -0.15) is 5.10 Å². The Bertz CT molecular complexity index is 541. The quantitative estimate of drug-likeness (QED) is 0.859. The van der Waals surface area contributed by atoms with Gasteiger partial charge in [0.15, 0.2) is 5.69 Å². The van der Waals surface area contributed by atoms with Crippen molar-refractivity contribution >= 4 is 5.91 Å². The van der Waals surface area contributed by atoms with Gasteiger partial charge in [0.05, 0.1) is 6.10 Å². The fraction of sp³-hybridized carbons (Fsp3) is 0.765. The SMILES string of the molecule is CCOC1CC(N(C)C(=O)c2cc(C)n(C)n2)C12CCCC2. The summed E-state index contributed by atoms with van der Waals surface area (Å²) in [5.41, 5.74) is 1.74. The molecule has 0 radical (unpaired) electrons. The zero-order chi connectivity index (χ0) is 15.9. The van der Waals surface area contributed by atoms with Gasteiger partial charge in [-0.05, 0) is 39.2 Å². The molecule has 2 atom stereocenters. The molecule has 1 amide bonds. The van der Waals surface area contributed by atoms with E-state index in [4.69, 9.17) is 4.74 Å². The third-order valence-corrected chi connectivity index (χ3v) is 5.77. The molecule has 0 saturated heterocycles. The molecule has 2 saturated carbocycles. The van der Waals surface area contributed by atoms with Crippen molar-refractivity contribution < 1.29 is 9.53 Å². The summed E-state index contributed by atoms with van der Waals surface area (Å²) < 4.78 is 7.71. The Labute approximate surface area is 132 Å². The molecule has 1 aromatic heterocycles. The van der Waals surface area contributed by atoms with Gasteiger partial charge in [0.25, 0.3) is 5.91 Å². The van der Waals surface area contributed by atoms with E-state index >= 15 is 0 Å². The lowest BCUT2D eigenvalue weighted by Crippen LogP contribution is -2.64. The standard InChI is InChI=1S/C17H27N3O2/c1-5-22-15-11-14(17(15)8-6-7-9-17)19(3)16(21)13-10-12(2)20(4)18-13/h10,14-15H,5-9,11H2,1-4H3. The molecule has 5 nitrogen and oxygen atoms in total. The highest BCUT2D eigenvalue weighted by Crippen LogP contribution is 2.56. The topological polar surface area (TPSA) is 47.4 Å². The van der Waals surface area contributed by atoms with Crippen LogP contribution in [0.25, 0.3) is 0 Å². The number of ether oxygens (including phenoxy) is 1. The second kappa shape index (κ2) is 5.69. The number of carbonyl (C=O) groups excluding carboxylic acids is 1. The van der Waals surface area contributed by atoms with Crippen molar-refractivity contribution in [2.24, 2.45) is 12.5 Å². The van der Waals surface area contributed by atoms with Crippen LogP contribution >= 0.6 is 0 Å². The summed E-state index contributed by atoms with van der Waals surface area (Å²) >= 11 is 0. The predicted octanol–water partition coefficient (Wildman–Crippen LogP) is 2.54. The molecule has 2 unspecified atom stereocenters. The van der Waals surface area contributed by atoms with Crippen LogP contribution in [0.2, 0.25) is 0 Å². The second-order valence-electron chi connectivity index (χ2n) is 6.85. The third kappa shape index (κ3) is 2.26. The molecular weight excluding hydrogens is 278 g/mol. The van der Waals surface area contributed by atoms with Crippen LogP contribution in [0.3, 0.4) is 0 Å². The first kappa shape index (κ1) is 15.5. The van der Waals surface area contributed by atoms with Crippen LogP contribution in [-0.2, 0) is 11.8 Å². The first-order valence-electron chi connectivity index (χ1n) is 8.39. The van der Waals surface area contributed by atoms with Crippen molar-refractivity contribution in [3.05, 3.63) is 17.5 Å². The normalized spacial score (nSPS) is 26.2. The molecule has 0 aliphatic heterocycles. The molecule has 5 heteroatoms. The maximum absolute atomic E-state index is 12.8. The van der Waals surface area contributed by atoms with Crippen molar-refractivity contribution in [1.29, 1.82) is 0 Å². The Morgan fingerprint density at radius 2 is 2.18 bits per heavy atom. The van der Waals surface area contributed by atoms with Gasteiger partial charge >= 0.3 is 0 Å². The summed E-state index contributed by atoms with van der Waals surface area (Å²) in [6, 6.07) is 2.17. The molecule has 0 N–H and O–H groups in total. The highest BCUT2D eigenvalue weighted by atomic mass is 16.5. The van der Waals surface area contributed by atoms with Crippen molar-refractivity contribution in [1.82, 2.24) is 14.7 Å². The molecular formula is C17H27N3O2. The van der Waals surface area contributed by atoms with Gasteiger partial charge in [-0.3, -0.25) is 9.48 Å². The second-order valence-corrected chi connectivity index (χ2v) is 6.85. The predicted molar refractivity (Wildman–Crippen MR) is 84.8 cm³/mol. The van der Waals surface area contributed by atoms with E-state index in [-0.39, 0.29) is 11.3 Å². The largest absolute Gasteiger partial charge is 0.378 e. The summed E-state index contributed by atoms with van der Waals surface area (Å²) in [6.07, 6.45) is 6.16. The number of carbonyl (C=O) groups is 1. The van der Waals surface area contributed by atoms with E-state index in [0.29, 0.717) is 17.8 Å². The number of amides is 1. The van der Waals surface area contributed by atoms with E-state index in [9.17, 15) is 4.79 Å². The molecule has 122 valence electrons. The lowest BCUT2D eigenvalue weighted by Gasteiger charge is -2.56. The van der Waals surface area contributed by atoms with Crippen LogP contribution in [0.1, 0.15) is 55.2 Å². The van der Waals surface area contributed by atoms with Gasteiger partial charge in [-0.1, -0.05) is 12.8 Å². The van der Waals surface area contributed by atoms with Crippen LogP contribution in [-0.4, -0.2) is 46.4 Å². The lowest BCUT2D eigenvalue weighted by molar-refractivity contribution is -0.152. The Morgan fingerprint density at radius 3 is 2.73 bits per heavy atom. The van der Waals surface area contributed by atoms with E-state index in [0.717, 1.165) is 18.7 Å². The Morgan fingerprint density at radius 1 is 1.50 bits per heavy atom. The first-order valence-corrected chi connectivity index (χ1v) is 8.39. The molecule has 1 heterocycles. The van der Waals surface area contributed by atoms with Crippen LogP contribution in [0.15, 0.2) is 6.07 Å². The summed E-state index contributed by atoms with van der Waals surface area (Å²) in [4.78, 5) is 14.7. The molecule has 1 aromatic rings. The summed E-state index contributed by atoms with van der Waals surface area (Å²) in [5, 5.41) is 4.34. The number of aryl methyl sites for hydroxylation is 2. The maximum atomic E-state index is 12.8. The van der Waals surface area contributed by atoms with Gasteiger partial charge in [-0.25, -0.2) is 0 Å². The molecule has 22 heavy (non-hydrogen) atoms. The molecule has 0 aromatic carbocycles. The average molecular weight is 305 g/mol. The lowest BCUT2D eigenvalue weighted by atomic mass is 9.60. The van der Waals surface area contributed by atoms with E-state index < -0.39 is 0 Å². The highest BCUT2D eigenvalue weighted by molar-refractivity contribution is 5.92. The number of rotatable bonds is 4. The van der Waals surface area contributed by atoms with Gasteiger partial charge in [0, 0.05) is 37.9 Å². The first-order chi connectivity index (χ1) is 10.5. The van der Waals surface area contributed by atoms with Crippen molar-refractivity contribution in [2.75, 3.05) is 13.7 Å². The van der Waals surface area contributed by atoms with Crippen LogP contribution in [0.5, 0.6) is 0 Å². The Hall–Kier alpha value is -1.36. The number of hydrogen-bond donors (Lipinski definition) is 0. The van der Waals surface area contributed by atoms with Crippen molar-refractivity contribution in [3.8, 4) is 0 Å². The van der Waals surface area contributed by atoms with Crippen LogP contribution in [0.4, 0.5) is 0 Å². The van der Waals surface area contributed by atoms with Gasteiger partial charge < -0.3 is 9.64 Å². The Balaban J connectivity index is 1.77. The van der Waals surface area contributed by atoms with E-state index in [2.05, 4.69) is 12.0 Å². The van der Waals surface area contributed by atoms with Crippen molar-refractivity contribution in [2.45, 2.75) is 58.1 Å². The smallest absolute Gasteiger partial charge is 0.274 e. The number of aromatic nitrogens is 2. The van der Waals surface area contributed by atoms with Crippen LogP contribution < -0.4 is 0 Å². The number of hydrogen-bond acceptors (Lipinski definition) is 3. The molecule has 2 aliphatic carbocycles. The third-order valence-electron chi connectivity index (χ3n) is 5.77. The minimum Gasteiger partial charge on any atom is -0.378 e. The average Bonchev–Trinajstić information content (AvgIpc) is 3.11. The minimum absolute atomic E-state index is 0.0370. The van der Waals surface area contributed by atoms with Crippen molar-refractivity contribution in [3.63, 3.8) is 0 Å².